The Labute approximate surface area is 186 Å². The van der Waals surface area contributed by atoms with Crippen molar-refractivity contribution in [3.63, 3.8) is 0 Å². The topological polar surface area (TPSA) is 51.6 Å². The smallest absolute Gasteiger partial charge is 0.174 e. The third-order valence-electron chi connectivity index (χ3n) is 5.03. The second-order valence-corrected chi connectivity index (χ2v) is 7.86. The summed E-state index contributed by atoms with van der Waals surface area (Å²) in [5, 5.41) is 4.60. The zero-order valence-electron chi connectivity index (χ0n) is 16.8. The Hall–Kier alpha value is -2.61. The van der Waals surface area contributed by atoms with E-state index in [0.717, 1.165) is 16.9 Å². The monoisotopic (exact) mass is 442 g/mol. The minimum atomic E-state index is -0.0856. The molecule has 1 N–H and O–H groups in total. The van der Waals surface area contributed by atoms with Crippen molar-refractivity contribution in [2.24, 2.45) is 7.05 Å². The van der Waals surface area contributed by atoms with E-state index in [4.69, 9.17) is 33.3 Å². The van der Waals surface area contributed by atoms with E-state index in [9.17, 15) is 0 Å². The van der Waals surface area contributed by atoms with Gasteiger partial charge in [0.1, 0.15) is 12.4 Å². The lowest BCUT2D eigenvalue weighted by atomic mass is 9.98. The van der Waals surface area contributed by atoms with Crippen molar-refractivity contribution in [3.05, 3.63) is 77.3 Å². The van der Waals surface area contributed by atoms with Gasteiger partial charge in [-0.2, -0.15) is 0 Å². The number of ether oxygens (including phenoxy) is 2. The van der Waals surface area contributed by atoms with Crippen LogP contribution in [0.1, 0.15) is 23.3 Å². The fourth-order valence-corrected chi connectivity index (χ4v) is 4.24. The van der Waals surface area contributed by atoms with Gasteiger partial charge in [-0.3, -0.25) is 4.98 Å². The third kappa shape index (κ3) is 4.14. The lowest BCUT2D eigenvalue weighted by Gasteiger charge is -2.27. The molecule has 0 unspecified atom stereocenters. The van der Waals surface area contributed by atoms with Crippen LogP contribution in [0.25, 0.3) is 0 Å². The molecular formula is C22H23ClN4O2S. The summed E-state index contributed by atoms with van der Waals surface area (Å²) in [6.45, 7) is 0.938. The van der Waals surface area contributed by atoms with Crippen molar-refractivity contribution in [3.8, 4) is 5.75 Å². The molecule has 1 aliphatic heterocycles. The first-order valence-electron chi connectivity index (χ1n) is 9.62. The van der Waals surface area contributed by atoms with Gasteiger partial charge in [0.2, 0.25) is 0 Å². The quantitative estimate of drug-likeness (QED) is 0.435. The number of pyridine rings is 1. The Kier molecular flexibility index (Phi) is 6.22. The van der Waals surface area contributed by atoms with Gasteiger partial charge in [-0.15, -0.1) is 0 Å². The first-order valence-corrected chi connectivity index (χ1v) is 10.4. The second kappa shape index (κ2) is 9.04. The average Bonchev–Trinajstić information content (AvgIpc) is 3.33. The molecule has 2 atom stereocenters. The number of benzene rings is 1. The van der Waals surface area contributed by atoms with Crippen LogP contribution in [-0.2, 0) is 11.8 Å². The van der Waals surface area contributed by atoms with Gasteiger partial charge >= 0.3 is 0 Å². The number of anilines is 1. The highest BCUT2D eigenvalue weighted by molar-refractivity contribution is 7.80. The predicted octanol–water partition coefficient (Wildman–Crippen LogP) is 4.28. The highest BCUT2D eigenvalue weighted by atomic mass is 35.5. The van der Waals surface area contributed by atoms with Gasteiger partial charge in [0.15, 0.2) is 5.11 Å². The Morgan fingerprint density at radius 1 is 1.20 bits per heavy atom. The van der Waals surface area contributed by atoms with Crippen molar-refractivity contribution in [1.29, 1.82) is 0 Å². The Bertz CT molecular complexity index is 1030. The van der Waals surface area contributed by atoms with Crippen molar-refractivity contribution >= 4 is 34.6 Å². The highest BCUT2D eigenvalue weighted by Gasteiger charge is 2.41. The molecule has 1 aromatic carbocycles. The summed E-state index contributed by atoms with van der Waals surface area (Å²) in [5.41, 5.74) is 2.96. The predicted molar refractivity (Wildman–Crippen MR) is 122 cm³/mol. The lowest BCUT2D eigenvalue weighted by molar-refractivity contribution is 0.146. The molecule has 2 aromatic heterocycles. The van der Waals surface area contributed by atoms with Gasteiger partial charge in [-0.1, -0.05) is 17.7 Å². The van der Waals surface area contributed by atoms with E-state index in [1.165, 1.54) is 0 Å². The van der Waals surface area contributed by atoms with Crippen LogP contribution in [0.3, 0.4) is 0 Å². The fraction of sp³-hybridized carbons (Fsp3) is 0.273. The summed E-state index contributed by atoms with van der Waals surface area (Å²) < 4.78 is 12.8. The standard InChI is InChI=1S/C22H23ClN4O2S/c1-26-10-8-15(14-26)21-20(18-5-3-4-9-24-18)25-22(30)27(21)16-6-7-19(17(23)13-16)29-12-11-28-2/h3-10,13-14,20-21H,11-12H2,1-2H3,(H,25,30)/t20-,21-/m1/s1. The highest BCUT2D eigenvalue weighted by Crippen LogP contribution is 2.43. The van der Waals surface area contributed by atoms with Gasteiger partial charge in [-0.05, 0) is 54.2 Å². The van der Waals surface area contributed by atoms with Gasteiger partial charge in [-0.25, -0.2) is 0 Å². The molecule has 30 heavy (non-hydrogen) atoms. The molecule has 3 aromatic rings. The zero-order chi connectivity index (χ0) is 21.1. The number of nitrogens with zero attached hydrogens (tertiary/aromatic N) is 3. The summed E-state index contributed by atoms with van der Waals surface area (Å²) >= 11 is 12.2. The number of hydrogen-bond donors (Lipinski definition) is 1. The number of hydrogen-bond acceptors (Lipinski definition) is 4. The largest absolute Gasteiger partial charge is 0.490 e. The van der Waals surface area contributed by atoms with Crippen LogP contribution in [0.15, 0.2) is 61.1 Å². The van der Waals surface area contributed by atoms with E-state index >= 15 is 0 Å². The van der Waals surface area contributed by atoms with Gasteiger partial charge < -0.3 is 24.3 Å². The second-order valence-electron chi connectivity index (χ2n) is 7.06. The van der Waals surface area contributed by atoms with Crippen LogP contribution >= 0.6 is 23.8 Å². The normalized spacial score (nSPS) is 18.5. The van der Waals surface area contributed by atoms with E-state index in [0.29, 0.717) is 29.1 Å². The molecule has 0 spiro atoms. The minimum Gasteiger partial charge on any atom is -0.490 e. The number of halogens is 1. The van der Waals surface area contributed by atoms with Crippen LogP contribution in [0.5, 0.6) is 5.75 Å². The lowest BCUT2D eigenvalue weighted by Crippen LogP contribution is -2.29. The fourth-order valence-electron chi connectivity index (χ4n) is 3.66. The first kappa shape index (κ1) is 20.7. The zero-order valence-corrected chi connectivity index (χ0v) is 18.4. The molecule has 1 aliphatic rings. The van der Waals surface area contributed by atoms with Gasteiger partial charge in [0, 0.05) is 38.4 Å². The number of nitrogens with one attached hydrogen (secondary N) is 1. The molecule has 4 rings (SSSR count). The molecule has 8 heteroatoms. The maximum Gasteiger partial charge on any atom is 0.174 e. The van der Waals surface area contributed by atoms with Crippen molar-refractivity contribution in [1.82, 2.24) is 14.9 Å². The summed E-state index contributed by atoms with van der Waals surface area (Å²) in [6.07, 6.45) is 5.94. The van der Waals surface area contributed by atoms with Crippen LogP contribution in [0.2, 0.25) is 5.02 Å². The van der Waals surface area contributed by atoms with Crippen LogP contribution < -0.4 is 15.0 Å². The molecule has 0 bridgehead atoms. The molecule has 1 fully saturated rings. The van der Waals surface area contributed by atoms with E-state index in [1.54, 1.807) is 13.3 Å². The maximum atomic E-state index is 6.51. The van der Waals surface area contributed by atoms with Crippen LogP contribution in [0.4, 0.5) is 5.69 Å². The van der Waals surface area contributed by atoms with Crippen LogP contribution in [-0.4, -0.2) is 35.0 Å². The summed E-state index contributed by atoms with van der Waals surface area (Å²) in [7, 11) is 3.64. The number of aromatic nitrogens is 2. The average molecular weight is 443 g/mol. The molecule has 1 saturated heterocycles. The minimum absolute atomic E-state index is 0.0649. The molecular weight excluding hydrogens is 420 g/mol. The molecule has 3 heterocycles. The maximum absolute atomic E-state index is 6.51. The Morgan fingerprint density at radius 2 is 2.07 bits per heavy atom. The molecule has 0 aliphatic carbocycles. The van der Waals surface area contributed by atoms with Crippen molar-refractivity contribution in [2.75, 3.05) is 25.2 Å². The third-order valence-corrected chi connectivity index (χ3v) is 5.64. The number of thiocarbonyl (C=S) groups is 1. The molecule has 0 saturated carbocycles. The SMILES string of the molecule is COCCOc1ccc(N2C(=S)N[C@H](c3ccccn3)[C@H]2c2ccn(C)c2)cc1Cl. The Balaban J connectivity index is 1.70. The van der Waals surface area contributed by atoms with Gasteiger partial charge in [0.25, 0.3) is 0 Å². The number of rotatable bonds is 7. The Morgan fingerprint density at radius 3 is 2.73 bits per heavy atom. The van der Waals surface area contributed by atoms with Crippen molar-refractivity contribution < 1.29 is 9.47 Å². The summed E-state index contributed by atoms with van der Waals surface area (Å²) in [4.78, 5) is 6.66. The van der Waals surface area contributed by atoms with E-state index in [2.05, 4.69) is 27.5 Å². The van der Waals surface area contributed by atoms with Crippen LogP contribution in [0, 0.1) is 0 Å². The molecule has 156 valence electrons. The van der Waals surface area contributed by atoms with Gasteiger partial charge in [0.05, 0.1) is 29.4 Å². The molecule has 0 amide bonds. The number of methoxy groups -OCH3 is 1. The van der Waals surface area contributed by atoms with Crippen molar-refractivity contribution in [2.45, 2.75) is 12.1 Å². The van der Waals surface area contributed by atoms with E-state index in [-0.39, 0.29) is 12.1 Å². The molecule has 0 radical (unpaired) electrons. The number of aryl methyl sites for hydroxylation is 1. The summed E-state index contributed by atoms with van der Waals surface area (Å²) in [5.74, 6) is 0.619. The van der Waals surface area contributed by atoms with E-state index < -0.39 is 0 Å². The summed E-state index contributed by atoms with van der Waals surface area (Å²) in [6, 6.07) is 13.6. The first-order chi connectivity index (χ1) is 14.6. The molecule has 6 nitrogen and oxygen atoms in total. The van der Waals surface area contributed by atoms with E-state index in [1.807, 2.05) is 54.2 Å².